The van der Waals surface area contributed by atoms with Crippen LogP contribution in [0.25, 0.3) is 0 Å². The van der Waals surface area contributed by atoms with Crippen molar-refractivity contribution in [3.63, 3.8) is 0 Å². The predicted molar refractivity (Wildman–Crippen MR) is 156 cm³/mol. The maximum atomic E-state index is 12.4. The minimum Gasteiger partial charge on any atom is -0.441 e. The molecule has 12 heteroatoms. The fourth-order valence-electron chi connectivity index (χ4n) is 3.91. The van der Waals surface area contributed by atoms with Gasteiger partial charge in [-0.3, -0.25) is 0 Å². The van der Waals surface area contributed by atoms with E-state index < -0.39 is 33.4 Å². The minimum atomic E-state index is -3.55. The molecule has 3 rings (SSSR count). The van der Waals surface area contributed by atoms with Crippen LogP contribution in [0.4, 0.5) is 4.79 Å². The van der Waals surface area contributed by atoms with E-state index in [4.69, 9.17) is 30.2 Å². The average Bonchev–Trinajstić information content (AvgIpc) is 2.92. The number of aryl methyl sites for hydroxylation is 1. The largest absolute Gasteiger partial charge is 0.441 e. The molecule has 0 aliphatic carbocycles. The zero-order chi connectivity index (χ0) is 30.3. The lowest BCUT2D eigenvalue weighted by atomic mass is 9.88. The molecule has 0 saturated carbocycles. The number of nitrogens with one attached hydrogen (secondary N) is 2. The Kier molecular flexibility index (Phi) is 14.5. The molecule has 10 nitrogen and oxygen atoms in total. The second-order valence-corrected chi connectivity index (χ2v) is 13.2. The number of nitriles is 1. The summed E-state index contributed by atoms with van der Waals surface area (Å²) < 4.78 is 37.0. The topological polar surface area (TPSA) is 147 Å². The maximum absolute atomic E-state index is 12.4. The number of rotatable bonds is 12. The monoisotopic (exact) mass is 609 g/mol. The Bertz CT molecular complexity index is 1200. The number of halogens is 1. The number of aliphatic hydroxyl groups is 1. The van der Waals surface area contributed by atoms with Crippen LogP contribution < -0.4 is 10.6 Å². The van der Waals surface area contributed by atoms with Gasteiger partial charge in [0.2, 0.25) is 0 Å². The lowest BCUT2D eigenvalue weighted by Gasteiger charge is -2.29. The molecule has 1 fully saturated rings. The zero-order valence-corrected chi connectivity index (χ0v) is 25.3. The Morgan fingerprint density at radius 1 is 1.17 bits per heavy atom. The van der Waals surface area contributed by atoms with Crippen LogP contribution in [-0.2, 0) is 29.7 Å². The number of aliphatic hydroxyl groups excluding tert-OH is 1. The average molecular weight is 610 g/mol. The predicted octanol–water partition coefficient (Wildman–Crippen LogP) is 3.90. The molecule has 1 saturated heterocycles. The molecule has 2 atom stereocenters. The number of carbonyl (C=O) groups excluding carboxylic acids is 1. The first-order valence-electron chi connectivity index (χ1n) is 13.3. The van der Waals surface area contributed by atoms with Gasteiger partial charge in [0.1, 0.15) is 6.79 Å². The SMILES string of the molecule is CC(C)(CCC#N)CNCC(O)[C@H](Cc1ccccc1)NC(=O)OC1COCOC1.Cc1ccc(S(=O)(=O)Cl)cc1. The van der Waals surface area contributed by atoms with Gasteiger partial charge in [0.05, 0.1) is 36.3 Å². The Morgan fingerprint density at radius 2 is 1.80 bits per heavy atom. The maximum Gasteiger partial charge on any atom is 0.407 e. The number of hydrogen-bond acceptors (Lipinski definition) is 9. The van der Waals surface area contributed by atoms with Crippen molar-refractivity contribution < 1.29 is 32.5 Å². The number of alkyl carbamates (subject to hydrolysis) is 1. The highest BCUT2D eigenvalue weighted by Gasteiger charge is 2.26. The number of hydrogen-bond donors (Lipinski definition) is 3. The van der Waals surface area contributed by atoms with Gasteiger partial charge in [0.25, 0.3) is 9.05 Å². The van der Waals surface area contributed by atoms with Gasteiger partial charge in [-0.25, -0.2) is 13.2 Å². The molecule has 2 aromatic carbocycles. The number of benzene rings is 2. The van der Waals surface area contributed by atoms with E-state index in [9.17, 15) is 18.3 Å². The summed E-state index contributed by atoms with van der Waals surface area (Å²) in [6.45, 7) is 7.79. The van der Waals surface area contributed by atoms with Gasteiger partial charge < -0.3 is 30.0 Å². The van der Waals surface area contributed by atoms with Crippen molar-refractivity contribution in [2.24, 2.45) is 5.41 Å². The van der Waals surface area contributed by atoms with Crippen LogP contribution in [0.2, 0.25) is 0 Å². The molecule has 41 heavy (non-hydrogen) atoms. The molecule has 1 aliphatic rings. The van der Waals surface area contributed by atoms with Crippen molar-refractivity contribution in [3.05, 3.63) is 65.7 Å². The summed E-state index contributed by atoms with van der Waals surface area (Å²) in [6, 6.07) is 17.7. The van der Waals surface area contributed by atoms with Crippen LogP contribution in [0.5, 0.6) is 0 Å². The minimum absolute atomic E-state index is 0.0578. The molecule has 0 aromatic heterocycles. The van der Waals surface area contributed by atoms with E-state index in [1.54, 1.807) is 12.1 Å². The lowest BCUT2D eigenvalue weighted by Crippen LogP contribution is -2.50. The van der Waals surface area contributed by atoms with E-state index in [0.717, 1.165) is 17.5 Å². The molecular weight excluding hydrogens is 570 g/mol. The third-order valence-corrected chi connectivity index (χ3v) is 7.66. The second-order valence-electron chi connectivity index (χ2n) is 10.6. The van der Waals surface area contributed by atoms with E-state index in [1.165, 1.54) is 12.1 Å². The normalized spacial score (nSPS) is 15.5. The molecule has 226 valence electrons. The summed E-state index contributed by atoms with van der Waals surface area (Å²) in [5, 5.41) is 25.6. The van der Waals surface area contributed by atoms with Crippen LogP contribution in [-0.4, -0.2) is 71.0 Å². The van der Waals surface area contributed by atoms with Crippen molar-refractivity contribution in [2.45, 2.75) is 63.2 Å². The summed E-state index contributed by atoms with van der Waals surface area (Å²) in [5.74, 6) is 0. The number of nitrogens with zero attached hydrogens (tertiary/aromatic N) is 1. The van der Waals surface area contributed by atoms with Crippen LogP contribution >= 0.6 is 10.7 Å². The highest BCUT2D eigenvalue weighted by molar-refractivity contribution is 8.13. The first-order valence-corrected chi connectivity index (χ1v) is 15.6. The highest BCUT2D eigenvalue weighted by Crippen LogP contribution is 2.20. The van der Waals surface area contributed by atoms with Crippen LogP contribution in [0.15, 0.2) is 59.5 Å². The van der Waals surface area contributed by atoms with Gasteiger partial charge >= 0.3 is 6.09 Å². The van der Waals surface area contributed by atoms with E-state index in [-0.39, 0.29) is 17.1 Å². The number of ether oxygens (including phenoxy) is 3. The smallest absolute Gasteiger partial charge is 0.407 e. The summed E-state index contributed by atoms with van der Waals surface area (Å²) in [6.07, 6.45) is -0.153. The van der Waals surface area contributed by atoms with E-state index in [0.29, 0.717) is 39.1 Å². The van der Waals surface area contributed by atoms with E-state index in [1.807, 2.05) is 37.3 Å². The number of amides is 1. The molecule has 1 amide bonds. The van der Waals surface area contributed by atoms with Crippen LogP contribution in [0.1, 0.15) is 37.8 Å². The van der Waals surface area contributed by atoms with Crippen molar-refractivity contribution in [2.75, 3.05) is 33.1 Å². The van der Waals surface area contributed by atoms with E-state index >= 15 is 0 Å². The summed E-state index contributed by atoms with van der Waals surface area (Å²) in [4.78, 5) is 12.5. The fraction of sp³-hybridized carbons (Fsp3) is 0.517. The zero-order valence-electron chi connectivity index (χ0n) is 23.7. The Morgan fingerprint density at radius 3 is 2.39 bits per heavy atom. The number of carbonyl (C=O) groups is 1. The fourth-order valence-corrected chi connectivity index (χ4v) is 4.68. The quantitative estimate of drug-likeness (QED) is 0.305. The summed E-state index contributed by atoms with van der Waals surface area (Å²) >= 11 is 0. The molecule has 1 unspecified atom stereocenters. The Hall–Kier alpha value is -2.72. The van der Waals surface area contributed by atoms with Gasteiger partial charge in [-0.05, 0) is 42.9 Å². The van der Waals surface area contributed by atoms with Crippen molar-refractivity contribution in [1.82, 2.24) is 10.6 Å². The highest BCUT2D eigenvalue weighted by atomic mass is 35.7. The summed E-state index contributed by atoms with van der Waals surface area (Å²) in [5.41, 5.74) is 1.95. The first kappa shape index (κ1) is 34.5. The third kappa shape index (κ3) is 14.1. The van der Waals surface area contributed by atoms with E-state index in [2.05, 4.69) is 30.6 Å². The van der Waals surface area contributed by atoms with Gasteiger partial charge in [-0.2, -0.15) is 5.26 Å². The van der Waals surface area contributed by atoms with Gasteiger partial charge in [-0.1, -0.05) is 61.9 Å². The molecule has 0 spiro atoms. The summed E-state index contributed by atoms with van der Waals surface area (Å²) in [7, 11) is 1.54. The van der Waals surface area contributed by atoms with Crippen molar-refractivity contribution in [3.8, 4) is 6.07 Å². The molecule has 0 radical (unpaired) electrons. The van der Waals surface area contributed by atoms with Gasteiger partial charge in [-0.15, -0.1) is 0 Å². The standard InChI is InChI=1S/C22H33N3O5.C7H7ClO2S/c1-22(2,9-6-10-23)15-24-12-20(26)19(11-17-7-4-3-5-8-17)25-21(27)30-18-13-28-16-29-14-18;1-6-2-4-7(5-3-6)11(8,9)10/h3-5,7-8,18-20,24,26H,6,9,11-16H2,1-2H3,(H,25,27);2-5H,1H3/t19-,20?;/m0./s1. The first-order chi connectivity index (χ1) is 19.4. The third-order valence-electron chi connectivity index (χ3n) is 6.29. The lowest BCUT2D eigenvalue weighted by molar-refractivity contribution is -0.151. The van der Waals surface area contributed by atoms with Crippen LogP contribution in [0, 0.1) is 23.7 Å². The molecule has 3 N–H and O–H groups in total. The van der Waals surface area contributed by atoms with Crippen molar-refractivity contribution >= 4 is 25.8 Å². The molecule has 2 aromatic rings. The molecular formula is C29H40ClN3O7S. The Labute approximate surface area is 247 Å². The molecule has 1 heterocycles. The second kappa shape index (κ2) is 17.3. The van der Waals surface area contributed by atoms with Gasteiger partial charge in [0, 0.05) is 30.2 Å². The van der Waals surface area contributed by atoms with Gasteiger partial charge in [0.15, 0.2) is 6.10 Å². The Balaban J connectivity index is 0.000000446. The molecule has 1 aliphatic heterocycles. The van der Waals surface area contributed by atoms with Crippen molar-refractivity contribution in [1.29, 1.82) is 5.26 Å². The van der Waals surface area contributed by atoms with Crippen LogP contribution in [0.3, 0.4) is 0 Å². The molecule has 0 bridgehead atoms.